The van der Waals surface area contributed by atoms with Crippen LogP contribution >= 0.6 is 0 Å². The number of carbonyl (C=O) groups excluding carboxylic acids is 1. The lowest BCUT2D eigenvalue weighted by molar-refractivity contribution is -0.122. The highest BCUT2D eigenvalue weighted by molar-refractivity contribution is 5.77. The number of nitrogens with zero attached hydrogens (tertiary/aromatic N) is 1. The molecule has 1 saturated heterocycles. The van der Waals surface area contributed by atoms with Crippen molar-refractivity contribution < 1.29 is 4.79 Å². The van der Waals surface area contributed by atoms with Gasteiger partial charge in [-0.15, -0.1) is 0 Å². The SMILES string of the molecule is CCCNC(=O)CN1CCC(C)C(CN)C1. The molecule has 1 amide bonds. The summed E-state index contributed by atoms with van der Waals surface area (Å²) >= 11 is 0. The minimum atomic E-state index is 0.146. The highest BCUT2D eigenvalue weighted by Crippen LogP contribution is 2.21. The van der Waals surface area contributed by atoms with E-state index >= 15 is 0 Å². The summed E-state index contributed by atoms with van der Waals surface area (Å²) in [4.78, 5) is 13.8. The molecule has 1 fully saturated rings. The van der Waals surface area contributed by atoms with Gasteiger partial charge in [0, 0.05) is 13.1 Å². The Bertz CT molecular complexity index is 220. The quantitative estimate of drug-likeness (QED) is 0.716. The molecule has 1 rings (SSSR count). The summed E-state index contributed by atoms with van der Waals surface area (Å²) in [6.45, 7) is 8.36. The second-order valence-corrected chi connectivity index (χ2v) is 4.85. The van der Waals surface area contributed by atoms with E-state index < -0.39 is 0 Å². The van der Waals surface area contributed by atoms with Crippen LogP contribution in [0.5, 0.6) is 0 Å². The Morgan fingerprint density at radius 2 is 2.31 bits per heavy atom. The molecule has 4 heteroatoms. The van der Waals surface area contributed by atoms with Crippen LogP contribution < -0.4 is 11.1 Å². The highest BCUT2D eigenvalue weighted by atomic mass is 16.2. The molecule has 2 unspecified atom stereocenters. The van der Waals surface area contributed by atoms with Crippen LogP contribution in [0.15, 0.2) is 0 Å². The number of piperidine rings is 1. The molecule has 0 radical (unpaired) electrons. The van der Waals surface area contributed by atoms with Crippen molar-refractivity contribution in [1.82, 2.24) is 10.2 Å². The topological polar surface area (TPSA) is 58.4 Å². The Hall–Kier alpha value is -0.610. The van der Waals surface area contributed by atoms with Crippen LogP contribution in [0.4, 0.5) is 0 Å². The van der Waals surface area contributed by atoms with Crippen LogP contribution in [-0.2, 0) is 4.79 Å². The molecule has 0 aromatic carbocycles. The Morgan fingerprint density at radius 3 is 2.94 bits per heavy atom. The zero-order valence-corrected chi connectivity index (χ0v) is 10.5. The minimum absolute atomic E-state index is 0.146. The van der Waals surface area contributed by atoms with E-state index in [1.165, 1.54) is 0 Å². The molecule has 2 atom stereocenters. The lowest BCUT2D eigenvalue weighted by atomic mass is 9.87. The number of hydrogen-bond donors (Lipinski definition) is 2. The van der Waals surface area contributed by atoms with E-state index in [1.807, 2.05) is 0 Å². The Kier molecular flexibility index (Phi) is 5.77. The summed E-state index contributed by atoms with van der Waals surface area (Å²) in [7, 11) is 0. The van der Waals surface area contributed by atoms with Crippen LogP contribution in [0.25, 0.3) is 0 Å². The number of carbonyl (C=O) groups is 1. The highest BCUT2D eigenvalue weighted by Gasteiger charge is 2.25. The molecule has 0 aromatic rings. The summed E-state index contributed by atoms with van der Waals surface area (Å²) < 4.78 is 0. The third-order valence-corrected chi connectivity index (χ3v) is 3.44. The molecule has 0 bridgehead atoms. The smallest absolute Gasteiger partial charge is 0.234 e. The summed E-state index contributed by atoms with van der Waals surface area (Å²) in [6.07, 6.45) is 2.15. The van der Waals surface area contributed by atoms with Crippen molar-refractivity contribution in [3.05, 3.63) is 0 Å². The van der Waals surface area contributed by atoms with Gasteiger partial charge in [-0.05, 0) is 37.8 Å². The standard InChI is InChI=1S/C12H25N3O/c1-3-5-14-12(16)9-15-6-4-10(2)11(7-13)8-15/h10-11H,3-9,13H2,1-2H3,(H,14,16). The first kappa shape index (κ1) is 13.5. The molecule has 94 valence electrons. The van der Waals surface area contributed by atoms with Gasteiger partial charge >= 0.3 is 0 Å². The fourth-order valence-electron chi connectivity index (χ4n) is 2.20. The summed E-state index contributed by atoms with van der Waals surface area (Å²) in [5.41, 5.74) is 5.74. The summed E-state index contributed by atoms with van der Waals surface area (Å²) in [5, 5.41) is 2.91. The fourth-order valence-corrected chi connectivity index (χ4v) is 2.20. The second-order valence-electron chi connectivity index (χ2n) is 4.85. The lowest BCUT2D eigenvalue weighted by Crippen LogP contribution is -2.46. The van der Waals surface area contributed by atoms with Crippen molar-refractivity contribution in [2.45, 2.75) is 26.7 Å². The van der Waals surface area contributed by atoms with Gasteiger partial charge in [-0.1, -0.05) is 13.8 Å². The van der Waals surface area contributed by atoms with Crippen LogP contribution in [0.3, 0.4) is 0 Å². The molecule has 0 saturated carbocycles. The van der Waals surface area contributed by atoms with E-state index in [0.717, 1.165) is 39.0 Å². The van der Waals surface area contributed by atoms with Crippen molar-refractivity contribution in [2.75, 3.05) is 32.7 Å². The maximum atomic E-state index is 11.6. The average molecular weight is 227 g/mol. The van der Waals surface area contributed by atoms with Gasteiger partial charge in [-0.25, -0.2) is 0 Å². The normalized spacial score (nSPS) is 26.7. The predicted octanol–water partition coefficient (Wildman–Crippen LogP) is 0.429. The molecule has 16 heavy (non-hydrogen) atoms. The van der Waals surface area contributed by atoms with Crippen LogP contribution in [0.1, 0.15) is 26.7 Å². The molecule has 1 heterocycles. The number of likely N-dealkylation sites (tertiary alicyclic amines) is 1. The van der Waals surface area contributed by atoms with Gasteiger partial charge in [0.05, 0.1) is 6.54 Å². The Balaban J connectivity index is 2.30. The molecular weight excluding hydrogens is 202 g/mol. The summed E-state index contributed by atoms with van der Waals surface area (Å²) in [5.74, 6) is 1.39. The maximum absolute atomic E-state index is 11.6. The van der Waals surface area contributed by atoms with Crippen molar-refractivity contribution in [1.29, 1.82) is 0 Å². The predicted molar refractivity (Wildman–Crippen MR) is 66.1 cm³/mol. The van der Waals surface area contributed by atoms with Gasteiger partial charge in [0.2, 0.25) is 5.91 Å². The first-order chi connectivity index (χ1) is 7.67. The summed E-state index contributed by atoms with van der Waals surface area (Å²) in [6, 6.07) is 0. The molecule has 1 aliphatic heterocycles. The van der Waals surface area contributed by atoms with Crippen LogP contribution in [0, 0.1) is 11.8 Å². The number of rotatable bonds is 5. The average Bonchev–Trinajstić information content (AvgIpc) is 2.29. The third kappa shape index (κ3) is 4.10. The number of nitrogens with one attached hydrogen (secondary N) is 1. The zero-order chi connectivity index (χ0) is 12.0. The maximum Gasteiger partial charge on any atom is 0.234 e. The third-order valence-electron chi connectivity index (χ3n) is 3.44. The van der Waals surface area contributed by atoms with Crippen molar-refractivity contribution >= 4 is 5.91 Å². The van der Waals surface area contributed by atoms with Crippen molar-refractivity contribution in [2.24, 2.45) is 17.6 Å². The molecule has 1 aliphatic rings. The number of amides is 1. The monoisotopic (exact) mass is 227 g/mol. The largest absolute Gasteiger partial charge is 0.355 e. The first-order valence-electron chi connectivity index (χ1n) is 6.36. The molecule has 0 aliphatic carbocycles. The lowest BCUT2D eigenvalue weighted by Gasteiger charge is -2.36. The number of hydrogen-bond acceptors (Lipinski definition) is 3. The molecular formula is C12H25N3O. The van der Waals surface area contributed by atoms with E-state index in [1.54, 1.807) is 0 Å². The molecule has 3 N–H and O–H groups in total. The molecule has 4 nitrogen and oxygen atoms in total. The molecule has 0 spiro atoms. The Morgan fingerprint density at radius 1 is 1.56 bits per heavy atom. The van der Waals surface area contributed by atoms with E-state index in [4.69, 9.17) is 5.73 Å². The second kappa shape index (κ2) is 6.86. The van der Waals surface area contributed by atoms with Gasteiger partial charge in [0.25, 0.3) is 0 Å². The van der Waals surface area contributed by atoms with Crippen molar-refractivity contribution in [3.8, 4) is 0 Å². The van der Waals surface area contributed by atoms with E-state index in [9.17, 15) is 4.79 Å². The van der Waals surface area contributed by atoms with Gasteiger partial charge in [0.15, 0.2) is 0 Å². The Labute approximate surface area is 98.6 Å². The van der Waals surface area contributed by atoms with E-state index in [2.05, 4.69) is 24.1 Å². The minimum Gasteiger partial charge on any atom is -0.355 e. The van der Waals surface area contributed by atoms with Crippen LogP contribution in [-0.4, -0.2) is 43.5 Å². The molecule has 0 aromatic heterocycles. The van der Waals surface area contributed by atoms with Gasteiger partial charge in [-0.3, -0.25) is 9.69 Å². The fraction of sp³-hybridized carbons (Fsp3) is 0.917. The number of nitrogens with two attached hydrogens (primary N) is 1. The van der Waals surface area contributed by atoms with E-state index in [-0.39, 0.29) is 5.91 Å². The van der Waals surface area contributed by atoms with Gasteiger partial charge in [0.1, 0.15) is 0 Å². The van der Waals surface area contributed by atoms with E-state index in [0.29, 0.717) is 18.4 Å². The van der Waals surface area contributed by atoms with Gasteiger partial charge in [-0.2, -0.15) is 0 Å². The zero-order valence-electron chi connectivity index (χ0n) is 10.5. The first-order valence-corrected chi connectivity index (χ1v) is 6.36. The van der Waals surface area contributed by atoms with Gasteiger partial charge < -0.3 is 11.1 Å². The van der Waals surface area contributed by atoms with Crippen molar-refractivity contribution in [3.63, 3.8) is 0 Å². The van der Waals surface area contributed by atoms with Crippen LogP contribution in [0.2, 0.25) is 0 Å².